The summed E-state index contributed by atoms with van der Waals surface area (Å²) in [6.45, 7) is 4.12. The van der Waals surface area contributed by atoms with Gasteiger partial charge >= 0.3 is 0 Å². The minimum absolute atomic E-state index is 0.150. The van der Waals surface area contributed by atoms with Crippen LogP contribution in [0.2, 0.25) is 0 Å². The van der Waals surface area contributed by atoms with Gasteiger partial charge in [-0.05, 0) is 25.5 Å². The number of aryl methyl sites for hydroxylation is 2. The molecule has 1 aliphatic heterocycles. The quantitative estimate of drug-likeness (QED) is 0.789. The van der Waals surface area contributed by atoms with Crippen molar-refractivity contribution in [2.45, 2.75) is 26.8 Å². The fourth-order valence-corrected chi connectivity index (χ4v) is 3.60. The summed E-state index contributed by atoms with van der Waals surface area (Å²) in [6, 6.07) is 1.85. The summed E-state index contributed by atoms with van der Waals surface area (Å²) >= 11 is 0. The zero-order valence-corrected chi connectivity index (χ0v) is 12.9. The number of H-pyrrole nitrogens is 1. The third-order valence-electron chi connectivity index (χ3n) is 3.61. The molecule has 1 aliphatic rings. The number of carbonyl (C=O) groups excluding carboxylic acids is 1. The number of nitrogens with two attached hydrogens (primary N) is 1. The Bertz CT molecular complexity index is 723. The Morgan fingerprint density at radius 3 is 2.62 bits per heavy atom. The van der Waals surface area contributed by atoms with Gasteiger partial charge in [0.15, 0.2) is 0 Å². The van der Waals surface area contributed by atoms with Gasteiger partial charge in [0.2, 0.25) is 15.9 Å². The van der Waals surface area contributed by atoms with Crippen molar-refractivity contribution in [3.8, 4) is 0 Å². The molecule has 0 radical (unpaired) electrons. The van der Waals surface area contributed by atoms with Crippen molar-refractivity contribution >= 4 is 15.9 Å². The Morgan fingerprint density at radius 2 is 2.05 bits per heavy atom. The van der Waals surface area contributed by atoms with Gasteiger partial charge in [-0.15, -0.1) is 0 Å². The molecule has 1 saturated heterocycles. The Hall–Kier alpha value is -1.67. The summed E-state index contributed by atoms with van der Waals surface area (Å²) in [4.78, 5) is 28.1. The van der Waals surface area contributed by atoms with Gasteiger partial charge in [-0.3, -0.25) is 9.59 Å². The molecule has 8 heteroatoms. The smallest absolute Gasteiger partial charge is 0.253 e. The molecule has 1 amide bonds. The molecule has 1 aromatic heterocycles. The molecule has 1 aromatic rings. The maximum absolute atomic E-state index is 12.0. The highest BCUT2D eigenvalue weighted by Crippen LogP contribution is 2.21. The van der Waals surface area contributed by atoms with E-state index in [-0.39, 0.29) is 36.1 Å². The van der Waals surface area contributed by atoms with Crippen LogP contribution in [0.3, 0.4) is 0 Å². The average molecular weight is 313 g/mol. The van der Waals surface area contributed by atoms with Crippen LogP contribution in [0.4, 0.5) is 0 Å². The molecule has 1 atom stereocenters. The van der Waals surface area contributed by atoms with E-state index < -0.39 is 10.0 Å². The Labute approximate surface area is 123 Å². The molecule has 1 unspecified atom stereocenters. The molecule has 7 nitrogen and oxygen atoms in total. The van der Waals surface area contributed by atoms with Gasteiger partial charge in [0.25, 0.3) is 5.56 Å². The number of likely N-dealkylation sites (tertiary alicyclic amines) is 1. The Kier molecular flexibility index (Phi) is 4.20. The van der Waals surface area contributed by atoms with E-state index in [0.717, 1.165) is 11.3 Å². The number of nitrogens with zero attached hydrogens (tertiary/aromatic N) is 1. The van der Waals surface area contributed by atoms with Gasteiger partial charge in [0, 0.05) is 30.1 Å². The largest absolute Gasteiger partial charge is 0.338 e. The maximum Gasteiger partial charge on any atom is 0.253 e. The van der Waals surface area contributed by atoms with Crippen LogP contribution in [0.25, 0.3) is 0 Å². The number of amides is 1. The number of nitrogens with one attached hydrogen (secondary N) is 1. The van der Waals surface area contributed by atoms with Crippen molar-refractivity contribution in [3.05, 3.63) is 33.2 Å². The molecule has 3 N–H and O–H groups in total. The number of carbonyl (C=O) groups is 1. The fraction of sp³-hybridized carbons (Fsp3) is 0.538. The van der Waals surface area contributed by atoms with Gasteiger partial charge in [-0.2, -0.15) is 0 Å². The maximum atomic E-state index is 12.0. The van der Waals surface area contributed by atoms with Crippen molar-refractivity contribution in [2.24, 2.45) is 11.1 Å². The van der Waals surface area contributed by atoms with Crippen LogP contribution in [-0.2, 0) is 21.4 Å². The lowest BCUT2D eigenvalue weighted by Gasteiger charge is -2.17. The van der Waals surface area contributed by atoms with Crippen LogP contribution in [-0.4, -0.2) is 36.5 Å². The van der Waals surface area contributed by atoms with Crippen LogP contribution >= 0.6 is 0 Å². The summed E-state index contributed by atoms with van der Waals surface area (Å²) in [6.07, 6.45) is 0.152. The molecular weight excluding hydrogens is 294 g/mol. The highest BCUT2D eigenvalue weighted by Gasteiger charge is 2.32. The second kappa shape index (κ2) is 5.61. The van der Waals surface area contributed by atoms with E-state index in [9.17, 15) is 18.0 Å². The van der Waals surface area contributed by atoms with E-state index >= 15 is 0 Å². The third kappa shape index (κ3) is 3.92. The van der Waals surface area contributed by atoms with Gasteiger partial charge in [-0.1, -0.05) is 0 Å². The molecule has 0 aromatic carbocycles. The van der Waals surface area contributed by atoms with Crippen molar-refractivity contribution in [3.63, 3.8) is 0 Å². The average Bonchev–Trinajstić information content (AvgIpc) is 2.61. The van der Waals surface area contributed by atoms with E-state index in [4.69, 9.17) is 5.14 Å². The number of primary sulfonamides is 1. The number of hydrogen-bond donors (Lipinski definition) is 2. The topological polar surface area (TPSA) is 113 Å². The standard InChI is InChI=1S/C13H19N3O4S/c1-8-3-9(2)15-13(18)11(8)6-16-5-10(4-12(16)17)7-21(14,19)20/h3,10H,4-7H2,1-2H3,(H,15,18)(H2,14,19,20). The first kappa shape index (κ1) is 15.7. The molecule has 21 heavy (non-hydrogen) atoms. The zero-order valence-electron chi connectivity index (χ0n) is 12.0. The van der Waals surface area contributed by atoms with E-state index in [2.05, 4.69) is 4.98 Å². The van der Waals surface area contributed by atoms with Gasteiger partial charge < -0.3 is 9.88 Å². The highest BCUT2D eigenvalue weighted by atomic mass is 32.2. The molecule has 0 bridgehead atoms. The number of rotatable bonds is 4. The molecule has 2 rings (SSSR count). The van der Waals surface area contributed by atoms with E-state index in [1.54, 1.807) is 6.92 Å². The normalized spacial score (nSPS) is 19.3. The van der Waals surface area contributed by atoms with E-state index in [1.165, 1.54) is 4.90 Å². The molecule has 116 valence electrons. The van der Waals surface area contributed by atoms with Crippen LogP contribution in [0.1, 0.15) is 23.2 Å². The molecular formula is C13H19N3O4S. The number of sulfonamides is 1. The summed E-state index contributed by atoms with van der Waals surface area (Å²) in [5.41, 5.74) is 1.90. The summed E-state index contributed by atoms with van der Waals surface area (Å²) in [5.74, 6) is -0.668. The number of aromatic nitrogens is 1. The fourth-order valence-electron chi connectivity index (χ4n) is 2.72. The minimum Gasteiger partial charge on any atom is -0.338 e. The third-order valence-corrected chi connectivity index (χ3v) is 4.54. The van der Waals surface area contributed by atoms with Crippen molar-refractivity contribution < 1.29 is 13.2 Å². The summed E-state index contributed by atoms with van der Waals surface area (Å²) in [7, 11) is -3.60. The van der Waals surface area contributed by atoms with E-state index in [1.807, 2.05) is 13.0 Å². The molecule has 2 heterocycles. The predicted octanol–water partition coefficient (Wildman–Crippen LogP) is -0.371. The van der Waals surface area contributed by atoms with Crippen LogP contribution in [0, 0.1) is 19.8 Å². The lowest BCUT2D eigenvalue weighted by atomic mass is 10.1. The van der Waals surface area contributed by atoms with Crippen molar-refractivity contribution in [1.82, 2.24) is 9.88 Å². The van der Waals surface area contributed by atoms with Crippen molar-refractivity contribution in [1.29, 1.82) is 0 Å². The first-order chi connectivity index (χ1) is 9.65. The SMILES string of the molecule is Cc1cc(C)c(CN2CC(CS(N)(=O)=O)CC2=O)c(=O)[nH]1. The first-order valence-corrected chi connectivity index (χ1v) is 8.35. The second-order valence-electron chi connectivity index (χ2n) is 5.62. The number of aromatic amines is 1. The van der Waals surface area contributed by atoms with Gasteiger partial charge in [0.1, 0.15) is 0 Å². The predicted molar refractivity (Wildman–Crippen MR) is 78.0 cm³/mol. The Balaban J connectivity index is 2.15. The van der Waals surface area contributed by atoms with Crippen molar-refractivity contribution in [2.75, 3.05) is 12.3 Å². The molecule has 1 fully saturated rings. The molecule has 0 spiro atoms. The Morgan fingerprint density at radius 1 is 1.38 bits per heavy atom. The highest BCUT2D eigenvalue weighted by molar-refractivity contribution is 7.89. The van der Waals surface area contributed by atoms with Gasteiger partial charge in [0.05, 0.1) is 12.3 Å². The van der Waals surface area contributed by atoms with E-state index in [0.29, 0.717) is 12.1 Å². The zero-order chi connectivity index (χ0) is 15.8. The second-order valence-corrected chi connectivity index (χ2v) is 7.28. The summed E-state index contributed by atoms with van der Waals surface area (Å²) in [5, 5.41) is 5.01. The summed E-state index contributed by atoms with van der Waals surface area (Å²) < 4.78 is 22.2. The molecule has 0 saturated carbocycles. The van der Waals surface area contributed by atoms with Gasteiger partial charge in [-0.25, -0.2) is 13.6 Å². The first-order valence-electron chi connectivity index (χ1n) is 6.63. The molecule has 0 aliphatic carbocycles. The monoisotopic (exact) mass is 313 g/mol. The van der Waals surface area contributed by atoms with Crippen LogP contribution in [0.5, 0.6) is 0 Å². The lowest BCUT2D eigenvalue weighted by Crippen LogP contribution is -2.30. The minimum atomic E-state index is -3.60. The lowest BCUT2D eigenvalue weighted by molar-refractivity contribution is -0.128. The van der Waals surface area contributed by atoms with Crippen LogP contribution < -0.4 is 10.7 Å². The van der Waals surface area contributed by atoms with Crippen LogP contribution in [0.15, 0.2) is 10.9 Å². The number of hydrogen-bond acceptors (Lipinski definition) is 4. The number of pyridine rings is 1.